The van der Waals surface area contributed by atoms with Gasteiger partial charge in [0.25, 0.3) is 0 Å². The molecule has 0 saturated heterocycles. The fourth-order valence-corrected chi connectivity index (χ4v) is 9.21. The van der Waals surface area contributed by atoms with Crippen LogP contribution in [0.15, 0.2) is 78.9 Å². The standard InChI is InChI=1S/C36H28N2O3Si/c1-5-41-36(40)33-30-24(19-13-7-6-8-14-19)28-25-22-17-11-12-18-23(22)34(39)31(25)35(42(2,3)4)27-21-16-10-9-15-20(21)26(29(27)28)32(30)37-38-33/h6-18,39H,5H2,1-4H3. The highest BCUT2D eigenvalue weighted by Crippen LogP contribution is 2.53. The molecule has 0 fully saturated rings. The van der Waals surface area contributed by atoms with Crippen molar-refractivity contribution in [3.8, 4) is 16.9 Å². The second-order valence-electron chi connectivity index (χ2n) is 12.0. The van der Waals surface area contributed by atoms with Crippen molar-refractivity contribution in [2.45, 2.75) is 26.6 Å². The molecule has 0 amide bonds. The molecule has 0 bridgehead atoms. The Labute approximate surface area is 243 Å². The Morgan fingerprint density at radius 1 is 0.690 bits per heavy atom. The second kappa shape index (κ2) is 8.60. The van der Waals surface area contributed by atoms with Gasteiger partial charge in [0.1, 0.15) is 11.3 Å². The number of hydrogen-bond acceptors (Lipinski definition) is 5. The first-order valence-corrected chi connectivity index (χ1v) is 17.8. The van der Waals surface area contributed by atoms with Crippen molar-refractivity contribution in [2.24, 2.45) is 0 Å². The Morgan fingerprint density at radius 2 is 1.29 bits per heavy atom. The minimum atomic E-state index is -2.07. The van der Waals surface area contributed by atoms with Crippen LogP contribution in [0.2, 0.25) is 19.6 Å². The van der Waals surface area contributed by atoms with Gasteiger partial charge in [-0.25, -0.2) is 4.79 Å². The van der Waals surface area contributed by atoms with Crippen molar-refractivity contribution in [3.63, 3.8) is 0 Å². The van der Waals surface area contributed by atoms with E-state index in [9.17, 15) is 9.90 Å². The molecule has 0 spiro atoms. The van der Waals surface area contributed by atoms with Crippen LogP contribution in [-0.2, 0) is 4.74 Å². The Hall–Kier alpha value is -4.81. The predicted molar refractivity (Wildman–Crippen MR) is 175 cm³/mol. The van der Waals surface area contributed by atoms with Crippen LogP contribution in [-0.4, -0.2) is 36.0 Å². The summed E-state index contributed by atoms with van der Waals surface area (Å²) in [5, 5.41) is 33.4. The number of fused-ring (bicyclic) bond motifs is 9. The molecule has 0 aliphatic rings. The fraction of sp³-hybridized carbons (Fsp3) is 0.139. The fourth-order valence-electron chi connectivity index (χ4n) is 7.20. The van der Waals surface area contributed by atoms with Gasteiger partial charge in [-0.05, 0) is 39.2 Å². The summed E-state index contributed by atoms with van der Waals surface area (Å²) in [4.78, 5) is 13.4. The van der Waals surface area contributed by atoms with E-state index in [0.717, 1.165) is 59.6 Å². The van der Waals surface area contributed by atoms with E-state index in [1.165, 1.54) is 10.6 Å². The normalized spacial score (nSPS) is 12.6. The molecule has 5 nitrogen and oxygen atoms in total. The molecule has 0 unspecified atom stereocenters. The SMILES string of the molecule is CCOC(=O)c1nnc2c1c(-c1ccccc1)c1c3c(c(O)c4ccccc43)c([Si](C)(C)C)c3c4ccccc4c2c31. The molecule has 0 radical (unpaired) electrons. The van der Waals surface area contributed by atoms with E-state index >= 15 is 0 Å². The van der Waals surface area contributed by atoms with Gasteiger partial charge in [0.2, 0.25) is 0 Å². The zero-order valence-electron chi connectivity index (χ0n) is 23.9. The molecular weight excluding hydrogens is 536 g/mol. The lowest BCUT2D eigenvalue weighted by molar-refractivity contribution is 0.0521. The number of aromatic nitrogens is 2. The number of rotatable bonds is 4. The molecular formula is C36H28N2O3Si. The van der Waals surface area contributed by atoms with E-state index in [0.29, 0.717) is 16.7 Å². The maximum Gasteiger partial charge on any atom is 0.359 e. The molecule has 0 saturated carbocycles. The second-order valence-corrected chi connectivity index (χ2v) is 17.0. The van der Waals surface area contributed by atoms with Crippen molar-refractivity contribution >= 4 is 84.0 Å². The number of carbonyl (C=O) groups excluding carboxylic acids is 1. The Morgan fingerprint density at radius 3 is 1.93 bits per heavy atom. The predicted octanol–water partition coefficient (Wildman–Crippen LogP) is 8.37. The minimum absolute atomic E-state index is 0.220. The first kappa shape index (κ1) is 24.9. The van der Waals surface area contributed by atoms with Gasteiger partial charge in [0.05, 0.1) is 14.7 Å². The van der Waals surface area contributed by atoms with Crippen molar-refractivity contribution in [1.29, 1.82) is 0 Å². The van der Waals surface area contributed by atoms with Crippen molar-refractivity contribution in [3.05, 3.63) is 84.6 Å². The zero-order valence-corrected chi connectivity index (χ0v) is 24.9. The summed E-state index contributed by atoms with van der Waals surface area (Å²) in [5.41, 5.74) is 2.78. The van der Waals surface area contributed by atoms with Crippen LogP contribution in [0.3, 0.4) is 0 Å². The summed E-state index contributed by atoms with van der Waals surface area (Å²) >= 11 is 0. The third-order valence-electron chi connectivity index (χ3n) is 8.65. The van der Waals surface area contributed by atoms with E-state index in [1.807, 2.05) is 36.4 Å². The lowest BCUT2D eigenvalue weighted by Gasteiger charge is -2.23. The molecule has 8 aromatic rings. The summed E-state index contributed by atoms with van der Waals surface area (Å²) in [6, 6.07) is 26.7. The highest BCUT2D eigenvalue weighted by molar-refractivity contribution is 6.93. The van der Waals surface area contributed by atoms with Gasteiger partial charge in [-0.15, -0.1) is 10.2 Å². The van der Waals surface area contributed by atoms with Crippen LogP contribution in [0.4, 0.5) is 0 Å². The summed E-state index contributed by atoms with van der Waals surface area (Å²) < 4.78 is 5.50. The summed E-state index contributed by atoms with van der Waals surface area (Å²) in [7, 11) is -2.07. The molecule has 6 heteroatoms. The molecule has 8 rings (SSSR count). The van der Waals surface area contributed by atoms with E-state index in [2.05, 4.69) is 67.2 Å². The first-order chi connectivity index (χ1) is 20.3. The highest BCUT2D eigenvalue weighted by Gasteiger charge is 2.34. The van der Waals surface area contributed by atoms with Crippen LogP contribution in [0, 0.1) is 0 Å². The maximum atomic E-state index is 13.4. The van der Waals surface area contributed by atoms with Gasteiger partial charge in [0, 0.05) is 43.3 Å². The monoisotopic (exact) mass is 564 g/mol. The zero-order chi connectivity index (χ0) is 28.9. The third kappa shape index (κ3) is 3.10. The average molecular weight is 565 g/mol. The number of ether oxygens (including phenoxy) is 1. The van der Waals surface area contributed by atoms with Gasteiger partial charge in [-0.2, -0.15) is 0 Å². The van der Waals surface area contributed by atoms with E-state index < -0.39 is 14.0 Å². The third-order valence-corrected chi connectivity index (χ3v) is 10.6. The molecule has 0 atom stereocenters. The number of carbonyl (C=O) groups is 1. The van der Waals surface area contributed by atoms with Gasteiger partial charge < -0.3 is 9.84 Å². The molecule has 42 heavy (non-hydrogen) atoms. The van der Waals surface area contributed by atoms with Crippen LogP contribution in [0.25, 0.3) is 75.9 Å². The number of aromatic hydroxyl groups is 1. The van der Waals surface area contributed by atoms with E-state index in [4.69, 9.17) is 9.84 Å². The Kier molecular flexibility index (Phi) is 5.11. The van der Waals surface area contributed by atoms with Crippen molar-refractivity contribution in [1.82, 2.24) is 10.2 Å². The van der Waals surface area contributed by atoms with Crippen LogP contribution in [0.1, 0.15) is 17.4 Å². The molecule has 1 N–H and O–H groups in total. The smallest absolute Gasteiger partial charge is 0.359 e. The Balaban J connectivity index is 1.83. The van der Waals surface area contributed by atoms with Gasteiger partial charge in [0.15, 0.2) is 5.69 Å². The largest absolute Gasteiger partial charge is 0.507 e. The highest BCUT2D eigenvalue weighted by atomic mass is 28.3. The van der Waals surface area contributed by atoms with Gasteiger partial charge in [-0.3, -0.25) is 0 Å². The van der Waals surface area contributed by atoms with Gasteiger partial charge in [-0.1, -0.05) is 98.5 Å². The molecule has 1 aromatic heterocycles. The maximum absolute atomic E-state index is 13.4. The number of benzene rings is 5. The first-order valence-electron chi connectivity index (χ1n) is 14.3. The molecule has 7 aromatic carbocycles. The lowest BCUT2D eigenvalue weighted by Crippen LogP contribution is -2.38. The molecule has 0 aliphatic heterocycles. The summed E-state index contributed by atoms with van der Waals surface area (Å²) in [6.07, 6.45) is 0. The lowest BCUT2D eigenvalue weighted by atomic mass is 9.88. The topological polar surface area (TPSA) is 72.3 Å². The van der Waals surface area contributed by atoms with Gasteiger partial charge >= 0.3 is 5.97 Å². The Bertz CT molecular complexity index is 2380. The van der Waals surface area contributed by atoms with Crippen molar-refractivity contribution in [2.75, 3.05) is 6.61 Å². The summed E-state index contributed by atoms with van der Waals surface area (Å²) in [5.74, 6) is -0.161. The van der Waals surface area contributed by atoms with E-state index in [1.54, 1.807) is 6.92 Å². The molecule has 1 heterocycles. The van der Waals surface area contributed by atoms with Crippen LogP contribution < -0.4 is 5.19 Å². The van der Waals surface area contributed by atoms with Crippen LogP contribution >= 0.6 is 0 Å². The number of hydrogen-bond donors (Lipinski definition) is 1. The summed E-state index contributed by atoms with van der Waals surface area (Å²) in [6.45, 7) is 9.08. The molecule has 0 aliphatic carbocycles. The van der Waals surface area contributed by atoms with E-state index in [-0.39, 0.29) is 12.3 Å². The van der Waals surface area contributed by atoms with Crippen molar-refractivity contribution < 1.29 is 14.6 Å². The minimum Gasteiger partial charge on any atom is -0.507 e. The average Bonchev–Trinajstić information content (AvgIpc) is 3.65. The number of esters is 1. The molecule has 204 valence electrons. The number of nitrogens with zero attached hydrogens (tertiary/aromatic N) is 2. The quantitative estimate of drug-likeness (QED) is 0.172. The van der Waals surface area contributed by atoms with Crippen LogP contribution in [0.5, 0.6) is 5.75 Å².